The lowest BCUT2D eigenvalue weighted by molar-refractivity contribution is 0.400. The molecule has 18 heavy (non-hydrogen) atoms. The number of allylic oxidation sites excluding steroid dienone is 2. The normalized spacial score (nSPS) is 23.0. The van der Waals surface area contributed by atoms with Gasteiger partial charge in [-0.3, -0.25) is 0 Å². The van der Waals surface area contributed by atoms with Crippen molar-refractivity contribution in [3.63, 3.8) is 0 Å². The van der Waals surface area contributed by atoms with Gasteiger partial charge >= 0.3 is 0 Å². The lowest BCUT2D eigenvalue weighted by Gasteiger charge is -2.34. The third-order valence-corrected chi connectivity index (χ3v) is 3.90. The molecule has 1 atom stereocenters. The number of methoxy groups -OCH3 is 1. The van der Waals surface area contributed by atoms with Crippen LogP contribution in [-0.4, -0.2) is 20.7 Å². The van der Waals surface area contributed by atoms with E-state index in [0.29, 0.717) is 0 Å². The summed E-state index contributed by atoms with van der Waals surface area (Å²) in [5.41, 5.74) is 1.57. The summed E-state index contributed by atoms with van der Waals surface area (Å²) in [5, 5.41) is 3.27. The Morgan fingerprint density at radius 1 is 1.39 bits per heavy atom. The van der Waals surface area contributed by atoms with Crippen molar-refractivity contribution in [2.45, 2.75) is 31.1 Å². The molecule has 0 bridgehead atoms. The van der Waals surface area contributed by atoms with E-state index in [9.17, 15) is 0 Å². The zero-order chi connectivity index (χ0) is 12.8. The maximum absolute atomic E-state index is 5.36. The first-order chi connectivity index (χ1) is 8.80. The van der Waals surface area contributed by atoms with E-state index in [-0.39, 0.29) is 5.41 Å². The fourth-order valence-electron chi connectivity index (χ4n) is 2.80. The van der Waals surface area contributed by atoms with Crippen LogP contribution in [0.2, 0.25) is 0 Å². The van der Waals surface area contributed by atoms with Gasteiger partial charge in [-0.15, -0.1) is 0 Å². The van der Waals surface area contributed by atoms with E-state index in [1.807, 2.05) is 13.1 Å². The van der Waals surface area contributed by atoms with Crippen molar-refractivity contribution in [1.82, 2.24) is 5.32 Å². The van der Waals surface area contributed by atoms with Crippen LogP contribution >= 0.6 is 0 Å². The van der Waals surface area contributed by atoms with Crippen LogP contribution in [0.25, 0.3) is 0 Å². The molecule has 1 aliphatic rings. The standard InChI is InChI=1S/C16H23NO/c1-17-12-11-16(9-4-3-5-10-16)14-7-6-8-15(13-14)18-2/h4,6-9,13,17H,3,5,10-12H2,1-2H3. The van der Waals surface area contributed by atoms with Crippen molar-refractivity contribution in [1.29, 1.82) is 0 Å². The molecule has 0 amide bonds. The van der Waals surface area contributed by atoms with Crippen LogP contribution < -0.4 is 10.1 Å². The van der Waals surface area contributed by atoms with Crippen molar-refractivity contribution < 1.29 is 4.74 Å². The van der Waals surface area contributed by atoms with Crippen molar-refractivity contribution in [2.75, 3.05) is 20.7 Å². The van der Waals surface area contributed by atoms with Crippen molar-refractivity contribution in [3.8, 4) is 5.75 Å². The first-order valence-corrected chi connectivity index (χ1v) is 6.77. The topological polar surface area (TPSA) is 21.3 Å². The van der Waals surface area contributed by atoms with Gasteiger partial charge in [0.25, 0.3) is 0 Å². The predicted octanol–water partition coefficient (Wildman–Crippen LogP) is 3.28. The van der Waals surface area contributed by atoms with Crippen LogP contribution in [0.5, 0.6) is 5.75 Å². The molecule has 98 valence electrons. The summed E-state index contributed by atoms with van der Waals surface area (Å²) in [7, 11) is 3.75. The summed E-state index contributed by atoms with van der Waals surface area (Å²) in [6.07, 6.45) is 9.61. The summed E-state index contributed by atoms with van der Waals surface area (Å²) < 4.78 is 5.36. The fraction of sp³-hybridized carbons (Fsp3) is 0.500. The SMILES string of the molecule is CNCCC1(c2cccc(OC)c2)C=CCCC1. The molecule has 0 saturated heterocycles. The summed E-state index contributed by atoms with van der Waals surface area (Å²) in [4.78, 5) is 0. The van der Waals surface area contributed by atoms with Crippen LogP contribution in [0, 0.1) is 0 Å². The van der Waals surface area contributed by atoms with E-state index < -0.39 is 0 Å². The minimum Gasteiger partial charge on any atom is -0.497 e. The molecule has 0 saturated carbocycles. The number of nitrogens with one attached hydrogen (secondary N) is 1. The van der Waals surface area contributed by atoms with E-state index >= 15 is 0 Å². The van der Waals surface area contributed by atoms with Crippen LogP contribution in [0.15, 0.2) is 36.4 Å². The van der Waals surface area contributed by atoms with Gasteiger partial charge in [-0.2, -0.15) is 0 Å². The quantitative estimate of drug-likeness (QED) is 0.804. The molecule has 2 nitrogen and oxygen atoms in total. The Bertz CT molecular complexity index is 413. The Hall–Kier alpha value is -1.28. The molecule has 2 rings (SSSR count). The second-order valence-corrected chi connectivity index (χ2v) is 5.04. The maximum Gasteiger partial charge on any atom is 0.119 e. The lowest BCUT2D eigenvalue weighted by atomic mass is 9.71. The van der Waals surface area contributed by atoms with Crippen molar-refractivity contribution >= 4 is 0 Å². The van der Waals surface area contributed by atoms with Gasteiger partial charge < -0.3 is 10.1 Å². The van der Waals surface area contributed by atoms with Crippen LogP contribution in [-0.2, 0) is 5.41 Å². The summed E-state index contributed by atoms with van der Waals surface area (Å²) in [6, 6.07) is 8.53. The van der Waals surface area contributed by atoms with Crippen molar-refractivity contribution in [2.24, 2.45) is 0 Å². The summed E-state index contributed by atoms with van der Waals surface area (Å²) in [6.45, 7) is 1.04. The Balaban J connectivity index is 2.32. The number of hydrogen-bond acceptors (Lipinski definition) is 2. The largest absolute Gasteiger partial charge is 0.497 e. The van der Waals surface area contributed by atoms with E-state index in [1.54, 1.807) is 7.11 Å². The molecule has 2 heteroatoms. The smallest absolute Gasteiger partial charge is 0.119 e. The molecular weight excluding hydrogens is 222 g/mol. The summed E-state index contributed by atoms with van der Waals surface area (Å²) >= 11 is 0. The average Bonchev–Trinajstić information content (AvgIpc) is 2.46. The van der Waals surface area contributed by atoms with E-state index in [1.165, 1.54) is 24.8 Å². The highest BCUT2D eigenvalue weighted by Gasteiger charge is 2.30. The second kappa shape index (κ2) is 6.05. The van der Waals surface area contributed by atoms with Crippen LogP contribution in [0.1, 0.15) is 31.2 Å². The number of rotatable bonds is 5. The van der Waals surface area contributed by atoms with Gasteiger partial charge in [0.15, 0.2) is 0 Å². The highest BCUT2D eigenvalue weighted by Crippen LogP contribution is 2.39. The van der Waals surface area contributed by atoms with E-state index in [0.717, 1.165) is 18.7 Å². The molecule has 1 aromatic carbocycles. The molecule has 0 fully saturated rings. The molecular formula is C16H23NO. The molecule has 0 aliphatic heterocycles. The predicted molar refractivity (Wildman–Crippen MR) is 76.2 cm³/mol. The highest BCUT2D eigenvalue weighted by molar-refractivity contribution is 5.38. The van der Waals surface area contributed by atoms with Gasteiger partial charge in [0.1, 0.15) is 5.75 Å². The van der Waals surface area contributed by atoms with Crippen molar-refractivity contribution in [3.05, 3.63) is 42.0 Å². The maximum atomic E-state index is 5.36. The van der Waals surface area contributed by atoms with E-state index in [2.05, 4.69) is 35.7 Å². The molecule has 0 radical (unpaired) electrons. The first kappa shape index (κ1) is 13.2. The average molecular weight is 245 g/mol. The molecule has 0 heterocycles. The van der Waals surface area contributed by atoms with Gasteiger partial charge in [0.05, 0.1) is 7.11 Å². The molecule has 0 aromatic heterocycles. The molecule has 0 spiro atoms. The van der Waals surface area contributed by atoms with E-state index in [4.69, 9.17) is 4.74 Å². The first-order valence-electron chi connectivity index (χ1n) is 6.77. The van der Waals surface area contributed by atoms with Crippen LogP contribution in [0.4, 0.5) is 0 Å². The minimum atomic E-state index is 0.190. The Morgan fingerprint density at radius 3 is 2.94 bits per heavy atom. The molecule has 1 N–H and O–H groups in total. The Morgan fingerprint density at radius 2 is 2.28 bits per heavy atom. The highest BCUT2D eigenvalue weighted by atomic mass is 16.5. The lowest BCUT2D eigenvalue weighted by Crippen LogP contribution is -2.29. The monoisotopic (exact) mass is 245 g/mol. The van der Waals surface area contributed by atoms with Gasteiger partial charge in [-0.1, -0.05) is 24.3 Å². The van der Waals surface area contributed by atoms with Gasteiger partial charge in [-0.05, 0) is 57.0 Å². The third-order valence-electron chi connectivity index (χ3n) is 3.90. The zero-order valence-corrected chi connectivity index (χ0v) is 11.4. The zero-order valence-electron chi connectivity index (χ0n) is 11.4. The fourth-order valence-corrected chi connectivity index (χ4v) is 2.80. The van der Waals surface area contributed by atoms with Gasteiger partial charge in [-0.25, -0.2) is 0 Å². The van der Waals surface area contributed by atoms with Crippen LogP contribution in [0.3, 0.4) is 0 Å². The van der Waals surface area contributed by atoms with Gasteiger partial charge in [0, 0.05) is 5.41 Å². The number of benzene rings is 1. The third kappa shape index (κ3) is 2.75. The Labute approximate surface area is 110 Å². The number of hydrogen-bond donors (Lipinski definition) is 1. The summed E-state index contributed by atoms with van der Waals surface area (Å²) in [5.74, 6) is 0.954. The molecule has 1 aliphatic carbocycles. The van der Waals surface area contributed by atoms with Gasteiger partial charge in [0.2, 0.25) is 0 Å². The minimum absolute atomic E-state index is 0.190. The molecule has 1 unspecified atom stereocenters. The molecule has 1 aromatic rings. The Kier molecular flexibility index (Phi) is 4.43. The number of ether oxygens (including phenoxy) is 1. The second-order valence-electron chi connectivity index (χ2n) is 5.04.